The van der Waals surface area contributed by atoms with E-state index in [0.29, 0.717) is 12.0 Å². The van der Waals surface area contributed by atoms with E-state index >= 15 is 0 Å². The van der Waals surface area contributed by atoms with E-state index in [4.69, 9.17) is 9.78 Å². The lowest BCUT2D eigenvalue weighted by Crippen LogP contribution is -2.51. The largest absolute Gasteiger partial charge is 0.295 e. The van der Waals surface area contributed by atoms with Gasteiger partial charge in [-0.05, 0) is 44.6 Å². The molecule has 3 rings (SSSR count). The maximum atomic E-state index is 11.6. The van der Waals surface area contributed by atoms with Gasteiger partial charge in [0.05, 0.1) is 0 Å². The Bertz CT molecular complexity index is 387. The number of carbonyl (C=O) groups excluding carboxylic acids is 1. The van der Waals surface area contributed by atoms with Crippen LogP contribution in [0.15, 0.2) is 24.3 Å². The van der Waals surface area contributed by atoms with Gasteiger partial charge in [-0.3, -0.25) is 4.79 Å². The third-order valence-electron chi connectivity index (χ3n) is 4.23. The molecular formula is C15H22O3. The van der Waals surface area contributed by atoms with Gasteiger partial charge in [0, 0.05) is 6.42 Å². The quantitative estimate of drug-likeness (QED) is 0.426. The van der Waals surface area contributed by atoms with E-state index in [0.717, 1.165) is 19.3 Å². The fourth-order valence-corrected chi connectivity index (χ4v) is 2.54. The SMILES string of the molecule is C=C(C)C(=O)CCC(C)[C@@]12C=C[C@@](C)(CC1)OO2. The summed E-state index contributed by atoms with van der Waals surface area (Å²) in [5.74, 6) is 0.404. The number of hydrogen-bond acceptors (Lipinski definition) is 3. The minimum Gasteiger partial charge on any atom is -0.295 e. The Labute approximate surface area is 109 Å². The van der Waals surface area contributed by atoms with E-state index in [1.54, 1.807) is 6.92 Å². The third kappa shape index (κ3) is 2.43. The van der Waals surface area contributed by atoms with Crippen molar-refractivity contribution >= 4 is 5.78 Å². The lowest BCUT2D eigenvalue weighted by atomic mass is 9.74. The fraction of sp³-hybridized carbons (Fsp3) is 0.667. The van der Waals surface area contributed by atoms with Crippen LogP contribution in [0.1, 0.15) is 46.5 Å². The molecule has 0 radical (unpaired) electrons. The molecule has 0 aromatic heterocycles. The summed E-state index contributed by atoms with van der Waals surface area (Å²) in [6.45, 7) is 9.59. The molecule has 3 atom stereocenters. The first-order valence-corrected chi connectivity index (χ1v) is 6.63. The number of Topliss-reactive ketones (excluding diaryl/α,β-unsaturated/α-hetero) is 1. The standard InChI is InChI=1S/C15H22O3/c1-11(2)13(16)6-5-12(3)15-9-7-14(4,8-10-15)17-18-15/h7,9,12H,1,5-6,8,10H2,2-4H3/t12?,14-,15+/m0/s1. The first kappa shape index (κ1) is 13.5. The highest BCUT2D eigenvalue weighted by molar-refractivity contribution is 5.94. The predicted molar refractivity (Wildman–Crippen MR) is 69.9 cm³/mol. The van der Waals surface area contributed by atoms with Gasteiger partial charge in [-0.2, -0.15) is 0 Å². The van der Waals surface area contributed by atoms with Crippen LogP contribution in [0.2, 0.25) is 0 Å². The van der Waals surface area contributed by atoms with Gasteiger partial charge < -0.3 is 0 Å². The average molecular weight is 250 g/mol. The van der Waals surface area contributed by atoms with Crippen molar-refractivity contribution in [1.29, 1.82) is 0 Å². The second-order valence-corrected chi connectivity index (χ2v) is 5.91. The van der Waals surface area contributed by atoms with E-state index in [1.165, 1.54) is 0 Å². The summed E-state index contributed by atoms with van der Waals surface area (Å²) in [4.78, 5) is 22.6. The summed E-state index contributed by atoms with van der Waals surface area (Å²) < 4.78 is 0. The summed E-state index contributed by atoms with van der Waals surface area (Å²) in [6, 6.07) is 0. The van der Waals surface area contributed by atoms with Gasteiger partial charge in [-0.15, -0.1) is 0 Å². The molecule has 3 nitrogen and oxygen atoms in total. The van der Waals surface area contributed by atoms with E-state index in [9.17, 15) is 4.79 Å². The molecule has 0 saturated carbocycles. The lowest BCUT2D eigenvalue weighted by molar-refractivity contribution is -0.432. The van der Waals surface area contributed by atoms with Crippen LogP contribution >= 0.6 is 0 Å². The Hall–Kier alpha value is -0.930. The van der Waals surface area contributed by atoms with Gasteiger partial charge in [-0.1, -0.05) is 25.7 Å². The molecule has 0 aromatic rings. The van der Waals surface area contributed by atoms with Crippen molar-refractivity contribution in [2.45, 2.75) is 57.7 Å². The van der Waals surface area contributed by atoms with Crippen LogP contribution in [0.5, 0.6) is 0 Å². The van der Waals surface area contributed by atoms with Gasteiger partial charge in [0.1, 0.15) is 11.2 Å². The third-order valence-corrected chi connectivity index (χ3v) is 4.23. The van der Waals surface area contributed by atoms with E-state index in [1.807, 2.05) is 6.92 Å². The van der Waals surface area contributed by atoms with Crippen LogP contribution in [0, 0.1) is 5.92 Å². The first-order valence-electron chi connectivity index (χ1n) is 6.63. The molecule has 3 heteroatoms. The highest BCUT2D eigenvalue weighted by Crippen LogP contribution is 2.45. The monoisotopic (exact) mass is 250 g/mol. The van der Waals surface area contributed by atoms with Crippen LogP contribution in [-0.2, 0) is 14.6 Å². The topological polar surface area (TPSA) is 35.5 Å². The summed E-state index contributed by atoms with van der Waals surface area (Å²) in [5, 5.41) is 0. The number of ketones is 1. The second-order valence-electron chi connectivity index (χ2n) is 5.91. The van der Waals surface area contributed by atoms with Gasteiger partial charge in [0.25, 0.3) is 0 Å². The van der Waals surface area contributed by atoms with Gasteiger partial charge in [0.15, 0.2) is 5.78 Å². The molecular weight excluding hydrogens is 228 g/mol. The highest BCUT2D eigenvalue weighted by Gasteiger charge is 2.48. The van der Waals surface area contributed by atoms with Crippen LogP contribution < -0.4 is 0 Å². The number of fused-ring (bicyclic) bond motifs is 2. The van der Waals surface area contributed by atoms with Crippen molar-refractivity contribution in [3.63, 3.8) is 0 Å². The molecule has 3 aliphatic rings. The summed E-state index contributed by atoms with van der Waals surface area (Å²) in [7, 11) is 0. The molecule has 1 saturated heterocycles. The molecule has 2 heterocycles. The molecule has 1 fully saturated rings. The molecule has 2 aliphatic heterocycles. The average Bonchev–Trinajstić information content (AvgIpc) is 2.36. The number of allylic oxidation sites excluding steroid dienone is 1. The molecule has 0 N–H and O–H groups in total. The smallest absolute Gasteiger partial charge is 0.157 e. The van der Waals surface area contributed by atoms with Crippen molar-refractivity contribution < 1.29 is 14.6 Å². The van der Waals surface area contributed by atoms with E-state index in [-0.39, 0.29) is 22.9 Å². The second kappa shape index (κ2) is 4.63. The van der Waals surface area contributed by atoms with Crippen molar-refractivity contribution in [2.75, 3.05) is 0 Å². The van der Waals surface area contributed by atoms with Crippen molar-refractivity contribution in [1.82, 2.24) is 0 Å². The maximum Gasteiger partial charge on any atom is 0.157 e. The molecule has 1 unspecified atom stereocenters. The van der Waals surface area contributed by atoms with Gasteiger partial charge in [0.2, 0.25) is 0 Å². The number of hydrogen-bond donors (Lipinski definition) is 0. The normalized spacial score (nSPS) is 35.5. The Morgan fingerprint density at radius 3 is 2.56 bits per heavy atom. The van der Waals surface area contributed by atoms with Crippen LogP contribution in [0.25, 0.3) is 0 Å². The van der Waals surface area contributed by atoms with Crippen LogP contribution in [0.3, 0.4) is 0 Å². The number of carbonyl (C=O) groups is 1. The summed E-state index contributed by atoms with van der Waals surface area (Å²) in [6.07, 6.45) is 7.49. The zero-order chi connectivity index (χ0) is 13.4. The molecule has 1 aliphatic carbocycles. The predicted octanol–water partition coefficient (Wildman–Crippen LogP) is 3.36. The zero-order valence-electron chi connectivity index (χ0n) is 11.5. The molecule has 0 amide bonds. The van der Waals surface area contributed by atoms with E-state index in [2.05, 4.69) is 25.7 Å². The fourth-order valence-electron chi connectivity index (χ4n) is 2.54. The number of rotatable bonds is 5. The van der Waals surface area contributed by atoms with Crippen molar-refractivity contribution in [3.05, 3.63) is 24.3 Å². The van der Waals surface area contributed by atoms with Crippen molar-refractivity contribution in [2.24, 2.45) is 5.92 Å². The van der Waals surface area contributed by atoms with Gasteiger partial charge >= 0.3 is 0 Å². The molecule has 0 spiro atoms. The Balaban J connectivity index is 1.98. The van der Waals surface area contributed by atoms with Crippen molar-refractivity contribution in [3.8, 4) is 0 Å². The van der Waals surface area contributed by atoms with Crippen LogP contribution in [-0.4, -0.2) is 17.0 Å². The molecule has 18 heavy (non-hydrogen) atoms. The lowest BCUT2D eigenvalue weighted by Gasteiger charge is -2.48. The van der Waals surface area contributed by atoms with E-state index < -0.39 is 0 Å². The van der Waals surface area contributed by atoms with Gasteiger partial charge in [-0.25, -0.2) is 9.78 Å². The zero-order valence-corrected chi connectivity index (χ0v) is 11.5. The Kier molecular flexibility index (Phi) is 3.47. The highest BCUT2D eigenvalue weighted by atomic mass is 17.2. The molecule has 100 valence electrons. The Morgan fingerprint density at radius 1 is 1.39 bits per heavy atom. The minimum atomic E-state index is -0.340. The molecule has 2 bridgehead atoms. The summed E-state index contributed by atoms with van der Waals surface area (Å²) >= 11 is 0. The minimum absolute atomic E-state index is 0.139. The molecule has 0 aromatic carbocycles. The van der Waals surface area contributed by atoms with Crippen LogP contribution in [0.4, 0.5) is 0 Å². The first-order chi connectivity index (χ1) is 8.37. The Morgan fingerprint density at radius 2 is 2.11 bits per heavy atom. The summed E-state index contributed by atoms with van der Waals surface area (Å²) in [5.41, 5.74) is 0.0366. The maximum absolute atomic E-state index is 11.6.